The molecule has 0 atom stereocenters. The van der Waals surface area contributed by atoms with Crippen molar-refractivity contribution < 1.29 is 13.3 Å². The zero-order valence-corrected chi connectivity index (χ0v) is 57.3. The van der Waals surface area contributed by atoms with Crippen LogP contribution in [0.15, 0.2) is 341 Å². The Bertz CT molecular complexity index is 7840. The minimum Gasteiger partial charge on any atom is -0.456 e. The Morgan fingerprint density at radius 2 is 0.698 bits per heavy atom. The summed E-state index contributed by atoms with van der Waals surface area (Å²) < 4.78 is 26.8. The Morgan fingerprint density at radius 3 is 1.32 bits per heavy atom. The van der Waals surface area contributed by atoms with Gasteiger partial charge in [0.05, 0.1) is 60.0 Å². The van der Waals surface area contributed by atoms with E-state index in [1.54, 1.807) is 11.3 Å². The topological polar surface area (TPSA) is 101 Å². The van der Waals surface area contributed by atoms with Gasteiger partial charge < -0.3 is 13.3 Å². The molecule has 492 valence electrons. The molecule has 0 unspecified atom stereocenters. The van der Waals surface area contributed by atoms with E-state index in [1.807, 2.05) is 18.2 Å². The molecule has 0 aliphatic carbocycles. The Labute approximate surface area is 606 Å². The van der Waals surface area contributed by atoms with Gasteiger partial charge in [0.1, 0.15) is 33.5 Å². The second-order valence-electron chi connectivity index (χ2n) is 27.4. The van der Waals surface area contributed by atoms with E-state index in [0.717, 1.165) is 158 Å². The predicted molar refractivity (Wildman–Crippen MR) is 439 cm³/mol. The van der Waals surface area contributed by atoms with Gasteiger partial charge in [-0.05, 0) is 146 Å². The number of aromatic nitrogens is 6. The summed E-state index contributed by atoms with van der Waals surface area (Å²) in [6.45, 7) is 0. The Kier molecular flexibility index (Phi) is 12.6. The number of furan rings is 3. The van der Waals surface area contributed by atoms with Crippen molar-refractivity contribution >= 4 is 184 Å². The van der Waals surface area contributed by atoms with Crippen molar-refractivity contribution in [2.24, 2.45) is 0 Å². The summed E-state index contributed by atoms with van der Waals surface area (Å²) >= 11 is 1.73. The smallest absolute Gasteiger partial charge is 0.235 e. The van der Waals surface area contributed by atoms with E-state index < -0.39 is 0 Å². The van der Waals surface area contributed by atoms with Crippen LogP contribution < -0.4 is 0 Å². The summed E-state index contributed by atoms with van der Waals surface area (Å²) in [5.41, 5.74) is 19.7. The summed E-state index contributed by atoms with van der Waals surface area (Å²) in [4.78, 5) is 21.3. The van der Waals surface area contributed by atoms with E-state index >= 15 is 0 Å². The van der Waals surface area contributed by atoms with Crippen molar-refractivity contribution in [1.82, 2.24) is 29.1 Å². The third kappa shape index (κ3) is 8.76. The molecule has 9 nitrogen and oxygen atoms in total. The average Bonchev–Trinajstić information content (AvgIpc) is 1.55. The maximum absolute atomic E-state index is 6.88. The predicted octanol–water partition coefficient (Wildman–Crippen LogP) is 26.5. The van der Waals surface area contributed by atoms with Gasteiger partial charge >= 0.3 is 0 Å². The lowest BCUT2D eigenvalue weighted by atomic mass is 9.98. The van der Waals surface area contributed by atoms with Crippen molar-refractivity contribution in [2.45, 2.75) is 0 Å². The molecule has 0 saturated heterocycles. The molecule has 24 rings (SSSR count). The van der Waals surface area contributed by atoms with Crippen LogP contribution >= 0.6 is 11.3 Å². The van der Waals surface area contributed by atoms with Crippen molar-refractivity contribution in [3.63, 3.8) is 0 Å². The number of fused-ring (bicyclic) bond motifs is 27. The van der Waals surface area contributed by atoms with Gasteiger partial charge in [-0.2, -0.15) is 0 Å². The third-order valence-corrected chi connectivity index (χ3v) is 22.8. The highest BCUT2D eigenvalue weighted by Crippen LogP contribution is 2.48. The molecule has 10 heteroatoms. The van der Waals surface area contributed by atoms with Crippen LogP contribution in [-0.4, -0.2) is 29.1 Å². The fourth-order valence-electron chi connectivity index (χ4n) is 16.8. The SMILES string of the molecule is c1ccc(-c2ccc3c(ccc4oc5c(ccc6c5c5ccccc5n6-c5nc(-c6ccc7c(c6)oc6ccc8ccccc8c67)c6sc7ccccc7c6n5)c43)c2)cc1.c1ccc(-c2ccc3c(ccc4oc5c(ccc6c5c5ccccc5n6-c5nc(-c6ccccc6)c6ccccc6n5)c43)c2)cc1. The molecule has 106 heavy (non-hydrogen) atoms. The molecular weight excluding hydrogens is 1320 g/mol. The van der Waals surface area contributed by atoms with E-state index in [2.05, 4.69) is 319 Å². The van der Waals surface area contributed by atoms with Crippen molar-refractivity contribution in [1.29, 1.82) is 0 Å². The molecule has 0 bridgehead atoms. The van der Waals surface area contributed by atoms with Gasteiger partial charge in [0.25, 0.3) is 0 Å². The normalized spacial score (nSPS) is 12.2. The van der Waals surface area contributed by atoms with E-state index in [1.165, 1.54) is 59.3 Å². The maximum Gasteiger partial charge on any atom is 0.235 e. The number of hydrogen-bond acceptors (Lipinski definition) is 8. The Hall–Kier alpha value is -14.1. The zero-order valence-electron chi connectivity index (χ0n) is 56.5. The van der Waals surface area contributed by atoms with Gasteiger partial charge in [-0.3, -0.25) is 9.13 Å². The molecule has 16 aromatic carbocycles. The first-order valence-corrected chi connectivity index (χ1v) is 36.5. The van der Waals surface area contributed by atoms with Gasteiger partial charge in [0.2, 0.25) is 11.9 Å². The first-order chi connectivity index (χ1) is 52.5. The molecule has 0 N–H and O–H groups in total. The lowest BCUT2D eigenvalue weighted by Gasteiger charge is -2.11. The van der Waals surface area contributed by atoms with E-state index in [0.29, 0.717) is 11.9 Å². The molecule has 0 saturated carbocycles. The number of thiophene rings is 1. The van der Waals surface area contributed by atoms with Crippen molar-refractivity contribution in [3.05, 3.63) is 328 Å². The van der Waals surface area contributed by atoms with Gasteiger partial charge in [0, 0.05) is 69.7 Å². The number of rotatable bonds is 6. The van der Waals surface area contributed by atoms with Crippen LogP contribution in [0.3, 0.4) is 0 Å². The van der Waals surface area contributed by atoms with Crippen molar-refractivity contribution in [2.75, 3.05) is 0 Å². The standard InChI is InChI=1S/C54H29N3O2S.C42H25N3O/c1-2-10-30(11-3-1)32-18-22-36-33(28-32)21-27-44-48(36)40-24-25-42-49(52(40)59-44)37-14-6-8-16-41(37)57(42)54-55-50(53-51(56-54)39-15-7-9-17-46(39)60-53)34-19-23-38-45(29-34)58-43-26-20-31-12-4-5-13-35(31)47(38)43;1-3-11-26(12-4-1)28-19-21-30-29(25-28)20-24-37-38(30)33-22-23-36-39(41(33)46-37)32-16-8-10-18-35(32)45(36)42-43-34-17-9-7-15-31(34)40(44-42)27-13-5-2-6-14-27/h1-29H;1-25H. The molecule has 8 heterocycles. The van der Waals surface area contributed by atoms with Crippen LogP contribution in [0.25, 0.3) is 230 Å². The van der Waals surface area contributed by atoms with Gasteiger partial charge in [-0.25, -0.2) is 19.9 Å². The second kappa shape index (κ2) is 22.7. The molecule has 8 aromatic heterocycles. The Balaban J connectivity index is 0.000000134. The van der Waals surface area contributed by atoms with E-state index in [4.69, 9.17) is 33.2 Å². The Morgan fingerprint density at radius 1 is 0.245 bits per heavy atom. The fraction of sp³-hybridized carbons (Fsp3) is 0. The van der Waals surface area contributed by atoms with Gasteiger partial charge in [-0.1, -0.05) is 237 Å². The fourth-order valence-corrected chi connectivity index (χ4v) is 18.0. The summed E-state index contributed by atoms with van der Waals surface area (Å²) in [6.07, 6.45) is 0. The van der Waals surface area contributed by atoms with E-state index in [-0.39, 0.29) is 0 Å². The van der Waals surface area contributed by atoms with Crippen LogP contribution in [0.2, 0.25) is 0 Å². The zero-order chi connectivity index (χ0) is 69.2. The molecule has 0 spiro atoms. The van der Waals surface area contributed by atoms with Crippen molar-refractivity contribution in [3.8, 4) is 56.7 Å². The monoisotopic (exact) mass is 1370 g/mol. The van der Waals surface area contributed by atoms with Gasteiger partial charge in [-0.15, -0.1) is 11.3 Å². The van der Waals surface area contributed by atoms with Crippen LogP contribution in [0.5, 0.6) is 0 Å². The van der Waals surface area contributed by atoms with Gasteiger partial charge in [0.15, 0.2) is 0 Å². The average molecular weight is 1370 g/mol. The lowest BCUT2D eigenvalue weighted by Crippen LogP contribution is -2.03. The quantitative estimate of drug-likeness (QED) is 0.163. The van der Waals surface area contributed by atoms with Crippen LogP contribution in [0.4, 0.5) is 0 Å². The molecule has 24 aromatic rings. The van der Waals surface area contributed by atoms with E-state index in [9.17, 15) is 0 Å². The lowest BCUT2D eigenvalue weighted by molar-refractivity contribution is 0.669. The largest absolute Gasteiger partial charge is 0.456 e. The minimum absolute atomic E-state index is 0.609. The van der Waals surface area contributed by atoms with Crippen LogP contribution in [0.1, 0.15) is 0 Å². The highest BCUT2D eigenvalue weighted by atomic mass is 32.1. The number of benzene rings is 16. The first kappa shape index (κ1) is 58.6. The summed E-state index contributed by atoms with van der Waals surface area (Å²) in [5.74, 6) is 1.25. The van der Waals surface area contributed by atoms with Crippen LogP contribution in [-0.2, 0) is 0 Å². The molecule has 0 radical (unpaired) electrons. The highest BCUT2D eigenvalue weighted by Gasteiger charge is 2.26. The molecule has 0 amide bonds. The number of nitrogens with zero attached hydrogens (tertiary/aromatic N) is 6. The number of para-hydroxylation sites is 3. The minimum atomic E-state index is 0.609. The summed E-state index contributed by atoms with van der Waals surface area (Å²) in [5, 5.41) is 20.2. The molecule has 0 aliphatic rings. The molecular formula is C96H54N6O3S. The maximum atomic E-state index is 6.88. The molecule has 0 fully saturated rings. The summed E-state index contributed by atoms with van der Waals surface area (Å²) in [6, 6.07) is 115. The van der Waals surface area contributed by atoms with Crippen LogP contribution in [0, 0.1) is 0 Å². The first-order valence-electron chi connectivity index (χ1n) is 35.6. The molecule has 0 aliphatic heterocycles. The third-order valence-electron chi connectivity index (χ3n) is 21.6. The highest BCUT2D eigenvalue weighted by molar-refractivity contribution is 7.26. The summed E-state index contributed by atoms with van der Waals surface area (Å²) in [7, 11) is 0. The number of hydrogen-bond donors (Lipinski definition) is 0. The second-order valence-corrected chi connectivity index (χ2v) is 28.5.